The van der Waals surface area contributed by atoms with Crippen LogP contribution < -0.4 is 0 Å². The van der Waals surface area contributed by atoms with E-state index in [0.717, 1.165) is 0 Å². The minimum atomic E-state index is -2.18. The van der Waals surface area contributed by atoms with E-state index in [1.165, 1.54) is 0 Å². The molecule has 25 atom stereocenters. The fourth-order valence-corrected chi connectivity index (χ4v) is 7.01. The highest BCUT2D eigenvalue weighted by atomic mass is 16.8. The van der Waals surface area contributed by atoms with Gasteiger partial charge in [-0.25, -0.2) is 0 Å². The Morgan fingerprint density at radius 1 is 0.268 bits per heavy atom. The Balaban J connectivity index is 1.34. The lowest BCUT2D eigenvalue weighted by molar-refractivity contribution is -0.395. The third kappa shape index (κ3) is 9.16. The van der Waals surface area contributed by atoms with Crippen molar-refractivity contribution in [2.24, 2.45) is 0 Å². The standard InChI is InChI=1S/C30H52O26/c31-1-6-11(36)16(41)17(42)27(49-6)54-23-13(38)8(3-33)51-29(19(23)44)56-25-15(40)10(5-35)52-30(21(25)46)55-24-14(39)9(4-34)50-28(20(24)45)53-22-12(37)7(2-32)48-26(47)18(22)43/h6-47H,1-5H2/t6-,7-,8-,9-,10-,11+,12+,13+,14+,15+,16+,17-,18-,19-,20-,21-,22+,23+,24+,25+,26?,27+,28+,29+,30+/m1/s1. The van der Waals surface area contributed by atoms with Crippen molar-refractivity contribution < 1.29 is 129 Å². The molecule has 328 valence electrons. The Morgan fingerprint density at radius 2 is 0.518 bits per heavy atom. The summed E-state index contributed by atoms with van der Waals surface area (Å²) in [6, 6.07) is 0. The van der Waals surface area contributed by atoms with Crippen molar-refractivity contribution >= 4 is 0 Å². The van der Waals surface area contributed by atoms with Gasteiger partial charge >= 0.3 is 0 Å². The van der Waals surface area contributed by atoms with E-state index < -0.39 is 187 Å². The first-order valence-electron chi connectivity index (χ1n) is 17.6. The van der Waals surface area contributed by atoms with E-state index in [4.69, 9.17) is 42.6 Å². The summed E-state index contributed by atoms with van der Waals surface area (Å²) in [6.07, 6.45) is -47.2. The summed E-state index contributed by atoms with van der Waals surface area (Å²) in [5.74, 6) is 0. The molecule has 56 heavy (non-hydrogen) atoms. The molecule has 0 radical (unpaired) electrons. The maximum absolute atomic E-state index is 11.4. The third-order valence-corrected chi connectivity index (χ3v) is 10.3. The number of rotatable bonds is 13. The van der Waals surface area contributed by atoms with Gasteiger partial charge < -0.3 is 129 Å². The van der Waals surface area contributed by atoms with Crippen molar-refractivity contribution in [3.8, 4) is 0 Å². The topological polar surface area (TPSA) is 427 Å². The monoisotopic (exact) mass is 828 g/mol. The summed E-state index contributed by atoms with van der Waals surface area (Å²) in [7, 11) is 0. The van der Waals surface area contributed by atoms with Gasteiger partial charge in [0.2, 0.25) is 0 Å². The molecular weight excluding hydrogens is 776 g/mol. The van der Waals surface area contributed by atoms with E-state index in [9.17, 15) is 86.8 Å². The summed E-state index contributed by atoms with van der Waals surface area (Å²) in [6.45, 7) is -4.58. The maximum atomic E-state index is 11.4. The smallest absolute Gasteiger partial charge is 0.187 e. The highest BCUT2D eigenvalue weighted by molar-refractivity contribution is 4.99. The van der Waals surface area contributed by atoms with Crippen molar-refractivity contribution in [3.63, 3.8) is 0 Å². The zero-order valence-corrected chi connectivity index (χ0v) is 29.2. The molecule has 0 aromatic heterocycles. The molecule has 0 aliphatic carbocycles. The van der Waals surface area contributed by atoms with Crippen molar-refractivity contribution in [2.75, 3.05) is 33.0 Å². The Bertz CT molecular complexity index is 1210. The number of hydrogen-bond donors (Lipinski definition) is 17. The highest BCUT2D eigenvalue weighted by Crippen LogP contribution is 2.35. The van der Waals surface area contributed by atoms with Crippen molar-refractivity contribution in [2.45, 2.75) is 154 Å². The summed E-state index contributed by atoms with van der Waals surface area (Å²) in [5.41, 5.74) is 0. The van der Waals surface area contributed by atoms with Gasteiger partial charge in [0.25, 0.3) is 0 Å². The van der Waals surface area contributed by atoms with Gasteiger partial charge in [-0.2, -0.15) is 0 Å². The molecule has 0 aromatic rings. The first-order valence-corrected chi connectivity index (χ1v) is 17.6. The lowest BCUT2D eigenvalue weighted by Gasteiger charge is -2.49. The summed E-state index contributed by atoms with van der Waals surface area (Å²) < 4.78 is 48.9. The van der Waals surface area contributed by atoms with Gasteiger partial charge in [-0.05, 0) is 0 Å². The molecule has 0 aromatic carbocycles. The predicted molar refractivity (Wildman–Crippen MR) is 167 cm³/mol. The highest BCUT2D eigenvalue weighted by Gasteiger charge is 2.56. The molecule has 0 bridgehead atoms. The molecule has 5 fully saturated rings. The predicted octanol–water partition coefficient (Wildman–Crippen LogP) is -11.9. The lowest BCUT2D eigenvalue weighted by Crippen LogP contribution is -2.68. The van der Waals surface area contributed by atoms with E-state index >= 15 is 0 Å². The zero-order valence-electron chi connectivity index (χ0n) is 29.2. The number of ether oxygens (including phenoxy) is 9. The van der Waals surface area contributed by atoms with Crippen LogP contribution in [-0.4, -0.2) is 273 Å². The minimum absolute atomic E-state index is 0.837. The maximum Gasteiger partial charge on any atom is 0.187 e. The first kappa shape index (κ1) is 46.0. The molecule has 5 aliphatic heterocycles. The lowest BCUT2D eigenvalue weighted by atomic mass is 9.95. The molecule has 26 nitrogen and oxygen atoms in total. The van der Waals surface area contributed by atoms with Crippen LogP contribution in [0.3, 0.4) is 0 Å². The average molecular weight is 829 g/mol. The van der Waals surface area contributed by atoms with Crippen molar-refractivity contribution in [3.05, 3.63) is 0 Å². The van der Waals surface area contributed by atoms with Crippen LogP contribution >= 0.6 is 0 Å². The van der Waals surface area contributed by atoms with Gasteiger partial charge in [-0.15, -0.1) is 0 Å². The van der Waals surface area contributed by atoms with Crippen LogP contribution in [0.1, 0.15) is 0 Å². The number of aliphatic hydroxyl groups excluding tert-OH is 17. The second-order valence-corrected chi connectivity index (χ2v) is 13.9. The third-order valence-electron chi connectivity index (χ3n) is 10.3. The van der Waals surface area contributed by atoms with Gasteiger partial charge in [0, 0.05) is 0 Å². The fraction of sp³-hybridized carbons (Fsp3) is 1.00. The molecule has 5 rings (SSSR count). The van der Waals surface area contributed by atoms with E-state index in [0.29, 0.717) is 0 Å². The van der Waals surface area contributed by atoms with E-state index in [1.54, 1.807) is 0 Å². The zero-order chi connectivity index (χ0) is 41.3. The fourth-order valence-electron chi connectivity index (χ4n) is 7.01. The van der Waals surface area contributed by atoms with Gasteiger partial charge in [0.15, 0.2) is 31.5 Å². The van der Waals surface area contributed by atoms with Gasteiger partial charge in [-0.1, -0.05) is 0 Å². The second kappa shape index (κ2) is 19.6. The molecule has 5 aliphatic rings. The van der Waals surface area contributed by atoms with Crippen molar-refractivity contribution in [1.82, 2.24) is 0 Å². The normalized spacial score (nSPS) is 53.2. The van der Waals surface area contributed by atoms with Gasteiger partial charge in [0.05, 0.1) is 33.0 Å². The molecule has 17 N–H and O–H groups in total. The summed E-state index contributed by atoms with van der Waals surface area (Å²) in [4.78, 5) is 0. The molecule has 0 spiro atoms. The number of aliphatic hydroxyl groups is 17. The Kier molecular flexibility index (Phi) is 16.1. The van der Waals surface area contributed by atoms with Crippen LogP contribution in [0.15, 0.2) is 0 Å². The van der Waals surface area contributed by atoms with Gasteiger partial charge in [-0.3, -0.25) is 0 Å². The molecular formula is C30H52O26. The molecule has 5 saturated heterocycles. The second-order valence-electron chi connectivity index (χ2n) is 13.9. The van der Waals surface area contributed by atoms with Crippen LogP contribution in [0, 0.1) is 0 Å². The van der Waals surface area contributed by atoms with Crippen LogP contribution in [0.25, 0.3) is 0 Å². The Hall–Kier alpha value is -1.04. The largest absolute Gasteiger partial charge is 0.394 e. The van der Waals surface area contributed by atoms with Crippen LogP contribution in [0.2, 0.25) is 0 Å². The summed E-state index contributed by atoms with van der Waals surface area (Å²) in [5, 5.41) is 177. The van der Waals surface area contributed by atoms with Crippen molar-refractivity contribution in [1.29, 1.82) is 0 Å². The van der Waals surface area contributed by atoms with Crippen LogP contribution in [-0.2, 0) is 42.6 Å². The quantitative estimate of drug-likeness (QED) is 0.0819. The van der Waals surface area contributed by atoms with Crippen LogP contribution in [0.4, 0.5) is 0 Å². The average Bonchev–Trinajstić information content (AvgIpc) is 3.18. The Morgan fingerprint density at radius 3 is 0.821 bits per heavy atom. The summed E-state index contributed by atoms with van der Waals surface area (Å²) >= 11 is 0. The first-order chi connectivity index (χ1) is 26.5. The molecule has 1 unspecified atom stereocenters. The number of hydrogen-bond acceptors (Lipinski definition) is 26. The minimum Gasteiger partial charge on any atom is -0.394 e. The van der Waals surface area contributed by atoms with E-state index in [2.05, 4.69) is 0 Å². The van der Waals surface area contributed by atoms with E-state index in [1.807, 2.05) is 0 Å². The molecule has 26 heteroatoms. The SMILES string of the molecule is OC[C@H]1O[C@@H](O[C@H]2[C@@H](O)[C@@H](CO)O[C@@H](O[C@H]3[C@@H](O)[C@@H](CO)O[C@@H](O[C@H]4[C@@H](O)[C@@H](CO)O[C@@H](O[C@H]5[C@@H](O)[C@@H](CO)OC(O)[C@@H]5O)[C@@H]4O)[C@@H]3O)[C@@H]2O)[C@H](O)[C@@H](O)[C@H]1O. The molecule has 0 saturated carbocycles. The molecule has 0 amide bonds. The Labute approximate surface area is 316 Å². The molecule has 5 heterocycles. The van der Waals surface area contributed by atoms with Crippen LogP contribution in [0.5, 0.6) is 0 Å². The van der Waals surface area contributed by atoms with Gasteiger partial charge in [0.1, 0.15) is 122 Å². The van der Waals surface area contributed by atoms with E-state index in [-0.39, 0.29) is 0 Å².